The molecular formula is C16H20BrFO2S. The van der Waals surface area contributed by atoms with Crippen LogP contribution < -0.4 is 0 Å². The van der Waals surface area contributed by atoms with Crippen molar-refractivity contribution in [2.45, 2.75) is 37.4 Å². The highest BCUT2D eigenvalue weighted by molar-refractivity contribution is 9.10. The maximum absolute atomic E-state index is 13.2. The summed E-state index contributed by atoms with van der Waals surface area (Å²) in [7, 11) is 0. The highest BCUT2D eigenvalue weighted by atomic mass is 79.9. The molecule has 2 nitrogen and oxygen atoms in total. The van der Waals surface area contributed by atoms with E-state index in [2.05, 4.69) is 15.9 Å². The van der Waals surface area contributed by atoms with E-state index in [-0.39, 0.29) is 17.3 Å². The summed E-state index contributed by atoms with van der Waals surface area (Å²) in [5, 5.41) is 10.7. The van der Waals surface area contributed by atoms with E-state index in [4.69, 9.17) is 4.74 Å². The largest absolute Gasteiger partial charge is 0.388 e. The molecule has 116 valence electrons. The molecule has 2 heterocycles. The van der Waals surface area contributed by atoms with Crippen molar-refractivity contribution in [3.05, 3.63) is 34.1 Å². The number of thioether (sulfide) groups is 1. The van der Waals surface area contributed by atoms with Crippen LogP contribution in [0.25, 0.3) is 0 Å². The molecule has 0 aliphatic carbocycles. The average molecular weight is 375 g/mol. The fourth-order valence-electron chi connectivity index (χ4n) is 3.42. The van der Waals surface area contributed by atoms with Gasteiger partial charge in [0.1, 0.15) is 5.82 Å². The third-order valence-electron chi connectivity index (χ3n) is 4.66. The molecule has 2 saturated heterocycles. The molecule has 2 aliphatic rings. The zero-order chi connectivity index (χ0) is 14.9. The van der Waals surface area contributed by atoms with Gasteiger partial charge in [-0.2, -0.15) is 11.8 Å². The Morgan fingerprint density at radius 3 is 2.86 bits per heavy atom. The number of rotatable bonds is 2. The third-order valence-corrected chi connectivity index (χ3v) is 6.34. The highest BCUT2D eigenvalue weighted by Crippen LogP contribution is 2.44. The van der Waals surface area contributed by atoms with Crippen molar-refractivity contribution in [1.82, 2.24) is 0 Å². The van der Waals surface area contributed by atoms with Crippen LogP contribution in [0.4, 0.5) is 4.39 Å². The Labute approximate surface area is 137 Å². The molecule has 21 heavy (non-hydrogen) atoms. The van der Waals surface area contributed by atoms with Gasteiger partial charge in [0.05, 0.1) is 11.7 Å². The quantitative estimate of drug-likeness (QED) is 0.835. The molecule has 1 aromatic carbocycles. The van der Waals surface area contributed by atoms with Crippen molar-refractivity contribution in [3.8, 4) is 0 Å². The minimum atomic E-state index is -0.560. The standard InChI is InChI=1S/C16H20BrFO2S/c17-14-9-12(18)1-2-13(14)15(19)11-3-6-20-16(10-11)4-7-21-8-5-16/h1-2,9,11,15,19H,3-8,10H2. The zero-order valence-electron chi connectivity index (χ0n) is 11.9. The summed E-state index contributed by atoms with van der Waals surface area (Å²) >= 11 is 5.35. The molecular weight excluding hydrogens is 355 g/mol. The van der Waals surface area contributed by atoms with Crippen LogP contribution in [0.5, 0.6) is 0 Å². The fourth-order valence-corrected chi connectivity index (χ4v) is 5.24. The van der Waals surface area contributed by atoms with Crippen molar-refractivity contribution < 1.29 is 14.2 Å². The van der Waals surface area contributed by atoms with Crippen LogP contribution in [0.2, 0.25) is 0 Å². The second kappa shape index (κ2) is 6.57. The molecule has 0 amide bonds. The number of aliphatic hydroxyl groups is 1. The Hall–Kier alpha value is -0.100. The molecule has 0 radical (unpaired) electrons. The van der Waals surface area contributed by atoms with Gasteiger partial charge in [0, 0.05) is 11.1 Å². The van der Waals surface area contributed by atoms with E-state index in [1.54, 1.807) is 6.07 Å². The molecule has 0 bridgehead atoms. The molecule has 2 fully saturated rings. The Kier molecular flexibility index (Phi) is 4.94. The van der Waals surface area contributed by atoms with Gasteiger partial charge >= 0.3 is 0 Å². The van der Waals surface area contributed by atoms with Gasteiger partial charge in [0.25, 0.3) is 0 Å². The minimum Gasteiger partial charge on any atom is -0.388 e. The van der Waals surface area contributed by atoms with E-state index in [1.807, 2.05) is 11.8 Å². The molecule has 1 spiro atoms. The summed E-state index contributed by atoms with van der Waals surface area (Å²) in [6.45, 7) is 0.713. The second-order valence-electron chi connectivity index (χ2n) is 6.01. The molecule has 3 rings (SSSR count). The summed E-state index contributed by atoms with van der Waals surface area (Å²) in [4.78, 5) is 0. The number of hydrogen-bond donors (Lipinski definition) is 1. The lowest BCUT2D eigenvalue weighted by Gasteiger charge is -2.44. The molecule has 2 unspecified atom stereocenters. The lowest BCUT2D eigenvalue weighted by Crippen LogP contribution is -2.44. The number of ether oxygens (including phenoxy) is 1. The van der Waals surface area contributed by atoms with Crippen molar-refractivity contribution in [3.63, 3.8) is 0 Å². The normalized spacial score (nSPS) is 26.7. The van der Waals surface area contributed by atoms with E-state index in [0.717, 1.165) is 42.8 Å². The van der Waals surface area contributed by atoms with Crippen LogP contribution in [0.1, 0.15) is 37.4 Å². The Balaban J connectivity index is 1.76. The van der Waals surface area contributed by atoms with Crippen LogP contribution in [-0.4, -0.2) is 28.8 Å². The maximum atomic E-state index is 13.2. The van der Waals surface area contributed by atoms with Crippen molar-refractivity contribution in [2.24, 2.45) is 5.92 Å². The SMILES string of the molecule is OC(c1ccc(F)cc1Br)C1CCOC2(CCSCC2)C1. The molecule has 0 saturated carbocycles. The number of aliphatic hydroxyl groups excluding tert-OH is 1. The van der Waals surface area contributed by atoms with Gasteiger partial charge in [-0.05, 0) is 60.8 Å². The summed E-state index contributed by atoms with van der Waals surface area (Å²) in [5.41, 5.74) is 0.741. The Bertz CT molecular complexity index is 500. The first-order chi connectivity index (χ1) is 10.1. The smallest absolute Gasteiger partial charge is 0.124 e. The van der Waals surface area contributed by atoms with Crippen LogP contribution in [0.15, 0.2) is 22.7 Å². The summed E-state index contributed by atoms with van der Waals surface area (Å²) < 4.78 is 19.9. The average Bonchev–Trinajstić information content (AvgIpc) is 2.47. The van der Waals surface area contributed by atoms with E-state index >= 15 is 0 Å². The zero-order valence-corrected chi connectivity index (χ0v) is 14.3. The fraction of sp³-hybridized carbons (Fsp3) is 0.625. The Morgan fingerprint density at radius 1 is 1.38 bits per heavy atom. The van der Waals surface area contributed by atoms with E-state index in [1.165, 1.54) is 12.1 Å². The summed E-state index contributed by atoms with van der Waals surface area (Å²) in [6.07, 6.45) is 3.35. The summed E-state index contributed by atoms with van der Waals surface area (Å²) in [5.74, 6) is 2.18. The predicted octanol–water partition coefficient (Wildman–Crippen LogP) is 4.31. The van der Waals surface area contributed by atoms with E-state index in [0.29, 0.717) is 11.1 Å². The van der Waals surface area contributed by atoms with Crippen molar-refractivity contribution in [1.29, 1.82) is 0 Å². The van der Waals surface area contributed by atoms with Crippen LogP contribution >= 0.6 is 27.7 Å². The van der Waals surface area contributed by atoms with Crippen LogP contribution in [0, 0.1) is 11.7 Å². The van der Waals surface area contributed by atoms with Gasteiger partial charge < -0.3 is 9.84 Å². The lowest BCUT2D eigenvalue weighted by atomic mass is 9.78. The van der Waals surface area contributed by atoms with Crippen molar-refractivity contribution >= 4 is 27.7 Å². The molecule has 1 N–H and O–H groups in total. The van der Waals surface area contributed by atoms with Crippen LogP contribution in [-0.2, 0) is 4.74 Å². The number of benzene rings is 1. The number of hydrogen-bond acceptors (Lipinski definition) is 3. The van der Waals surface area contributed by atoms with Gasteiger partial charge in [0.2, 0.25) is 0 Å². The monoisotopic (exact) mass is 374 g/mol. The van der Waals surface area contributed by atoms with E-state index < -0.39 is 6.10 Å². The minimum absolute atomic E-state index is 0.0400. The molecule has 0 aromatic heterocycles. The van der Waals surface area contributed by atoms with E-state index in [9.17, 15) is 9.50 Å². The Morgan fingerprint density at radius 2 is 2.14 bits per heavy atom. The van der Waals surface area contributed by atoms with Crippen molar-refractivity contribution in [2.75, 3.05) is 18.1 Å². The van der Waals surface area contributed by atoms with Crippen LogP contribution in [0.3, 0.4) is 0 Å². The molecule has 2 aliphatic heterocycles. The maximum Gasteiger partial charge on any atom is 0.124 e. The molecule has 1 aromatic rings. The highest BCUT2D eigenvalue weighted by Gasteiger charge is 2.41. The topological polar surface area (TPSA) is 29.5 Å². The molecule has 5 heteroatoms. The molecule has 2 atom stereocenters. The predicted molar refractivity (Wildman–Crippen MR) is 87.0 cm³/mol. The summed E-state index contributed by atoms with van der Waals surface area (Å²) in [6, 6.07) is 4.52. The van der Waals surface area contributed by atoms with Gasteiger partial charge in [-0.25, -0.2) is 4.39 Å². The van der Waals surface area contributed by atoms with Gasteiger partial charge in [-0.3, -0.25) is 0 Å². The third kappa shape index (κ3) is 3.46. The lowest BCUT2D eigenvalue weighted by molar-refractivity contribution is -0.121. The number of halogens is 2. The first-order valence-electron chi connectivity index (χ1n) is 7.44. The first kappa shape index (κ1) is 15.8. The van der Waals surface area contributed by atoms with Gasteiger partial charge in [-0.15, -0.1) is 0 Å². The van der Waals surface area contributed by atoms with Gasteiger partial charge in [-0.1, -0.05) is 22.0 Å². The van der Waals surface area contributed by atoms with Gasteiger partial charge in [0.15, 0.2) is 0 Å². The first-order valence-corrected chi connectivity index (χ1v) is 9.39. The second-order valence-corrected chi connectivity index (χ2v) is 8.09.